The Morgan fingerprint density at radius 2 is 2.20 bits per heavy atom. The molecule has 0 aliphatic carbocycles. The minimum Gasteiger partial charge on any atom is -0.337 e. The molecule has 2 N–H and O–H groups in total. The molecule has 3 rings (SSSR count). The third-order valence-corrected chi connectivity index (χ3v) is 2.80. The summed E-state index contributed by atoms with van der Waals surface area (Å²) in [7, 11) is 0. The van der Waals surface area contributed by atoms with Crippen molar-refractivity contribution in [1.29, 1.82) is 5.26 Å². The topological polar surface area (TPSA) is 90.3 Å². The van der Waals surface area contributed by atoms with E-state index in [4.69, 9.17) is 16.9 Å². The summed E-state index contributed by atoms with van der Waals surface area (Å²) in [6.45, 7) is 0. The van der Waals surface area contributed by atoms with Crippen molar-refractivity contribution in [2.45, 2.75) is 0 Å². The van der Waals surface area contributed by atoms with Crippen LogP contribution in [-0.2, 0) is 0 Å². The molecule has 0 amide bonds. The lowest BCUT2D eigenvalue weighted by molar-refractivity contribution is 0.631. The van der Waals surface area contributed by atoms with Crippen LogP contribution in [0.1, 0.15) is 5.56 Å². The Bertz CT molecular complexity index is 838. The van der Waals surface area contributed by atoms with Crippen LogP contribution in [-0.4, -0.2) is 20.2 Å². The molecule has 0 fully saturated rings. The van der Waals surface area contributed by atoms with Gasteiger partial charge in [-0.2, -0.15) is 20.3 Å². The Kier molecular flexibility index (Phi) is 2.93. The first-order valence-corrected chi connectivity index (χ1v) is 5.88. The van der Waals surface area contributed by atoms with E-state index in [2.05, 4.69) is 25.5 Å². The van der Waals surface area contributed by atoms with Crippen molar-refractivity contribution in [1.82, 2.24) is 20.2 Å². The van der Waals surface area contributed by atoms with Gasteiger partial charge in [-0.1, -0.05) is 0 Å². The highest BCUT2D eigenvalue weighted by Crippen LogP contribution is 2.25. The zero-order chi connectivity index (χ0) is 14.1. The summed E-state index contributed by atoms with van der Waals surface area (Å²) < 4.78 is 13.8. The van der Waals surface area contributed by atoms with Crippen molar-refractivity contribution in [3.63, 3.8) is 0 Å². The molecule has 20 heavy (non-hydrogen) atoms. The van der Waals surface area contributed by atoms with Gasteiger partial charge in [0.25, 0.3) is 0 Å². The van der Waals surface area contributed by atoms with Gasteiger partial charge in [0, 0.05) is 0 Å². The fourth-order valence-electron chi connectivity index (χ4n) is 1.72. The first-order chi connectivity index (χ1) is 9.67. The van der Waals surface area contributed by atoms with Gasteiger partial charge in [0.15, 0.2) is 5.65 Å². The lowest BCUT2D eigenvalue weighted by atomic mass is 10.2. The van der Waals surface area contributed by atoms with E-state index in [9.17, 15) is 4.39 Å². The van der Waals surface area contributed by atoms with Crippen LogP contribution in [0, 0.1) is 17.1 Å². The quantitative estimate of drug-likeness (QED) is 0.708. The Morgan fingerprint density at radius 1 is 1.35 bits per heavy atom. The molecule has 2 heterocycles. The average Bonchev–Trinajstić information content (AvgIpc) is 2.89. The summed E-state index contributed by atoms with van der Waals surface area (Å²) >= 11 is 5.79. The number of halogens is 2. The number of hydrogen-bond donors (Lipinski definition) is 2. The van der Waals surface area contributed by atoms with Crippen LogP contribution in [0.5, 0.6) is 0 Å². The van der Waals surface area contributed by atoms with Crippen molar-refractivity contribution < 1.29 is 4.39 Å². The van der Waals surface area contributed by atoms with E-state index in [1.54, 1.807) is 0 Å². The van der Waals surface area contributed by atoms with E-state index >= 15 is 0 Å². The fourth-order valence-corrected chi connectivity index (χ4v) is 1.89. The minimum atomic E-state index is -0.560. The molecule has 0 unspecified atom stereocenters. The predicted octanol–water partition coefficient (Wildman–Crippen LogP) is 2.76. The Hall–Kier alpha value is -2.72. The van der Waals surface area contributed by atoms with Gasteiger partial charge in [0.05, 0.1) is 28.9 Å². The Labute approximate surface area is 117 Å². The van der Waals surface area contributed by atoms with E-state index in [0.29, 0.717) is 16.9 Å². The van der Waals surface area contributed by atoms with E-state index in [1.165, 1.54) is 18.3 Å². The number of aromatic nitrogens is 4. The molecule has 0 aliphatic heterocycles. The summed E-state index contributed by atoms with van der Waals surface area (Å²) in [5.41, 5.74) is 0.866. The maximum atomic E-state index is 13.8. The lowest BCUT2D eigenvalue weighted by Gasteiger charge is -2.07. The maximum Gasteiger partial charge on any atom is 0.226 e. The number of H-pyrrole nitrogens is 1. The largest absolute Gasteiger partial charge is 0.337 e. The molecular weight excluding hydrogens is 283 g/mol. The van der Waals surface area contributed by atoms with Crippen molar-refractivity contribution >= 4 is 34.1 Å². The van der Waals surface area contributed by atoms with Gasteiger partial charge in [-0.3, -0.25) is 5.10 Å². The van der Waals surface area contributed by atoms with Crippen LogP contribution in [0.15, 0.2) is 24.4 Å². The average molecular weight is 289 g/mol. The fraction of sp³-hybridized carbons (Fsp3) is 0. The van der Waals surface area contributed by atoms with Gasteiger partial charge in [-0.05, 0) is 29.8 Å². The number of nitrogens with zero attached hydrogens (tertiary/aromatic N) is 4. The van der Waals surface area contributed by atoms with Crippen molar-refractivity contribution in [3.05, 3.63) is 41.1 Å². The molecule has 0 saturated carbocycles. The van der Waals surface area contributed by atoms with E-state index in [0.717, 1.165) is 6.07 Å². The van der Waals surface area contributed by atoms with Crippen LogP contribution in [0.25, 0.3) is 11.0 Å². The maximum absolute atomic E-state index is 13.8. The number of anilines is 2. The third kappa shape index (κ3) is 2.13. The second kappa shape index (κ2) is 4.75. The SMILES string of the molecule is N#Cc1ccc(Nc2nc(Cl)nc3[nH]ncc23)c(F)c1. The zero-order valence-electron chi connectivity index (χ0n) is 9.85. The highest BCUT2D eigenvalue weighted by atomic mass is 35.5. The highest BCUT2D eigenvalue weighted by molar-refractivity contribution is 6.28. The van der Waals surface area contributed by atoms with E-state index in [1.807, 2.05) is 6.07 Å². The van der Waals surface area contributed by atoms with Crippen LogP contribution in [0.3, 0.4) is 0 Å². The van der Waals surface area contributed by atoms with Crippen LogP contribution < -0.4 is 5.32 Å². The van der Waals surface area contributed by atoms with Crippen LogP contribution in [0.2, 0.25) is 5.28 Å². The Balaban J connectivity index is 2.05. The van der Waals surface area contributed by atoms with Gasteiger partial charge < -0.3 is 5.32 Å². The van der Waals surface area contributed by atoms with E-state index < -0.39 is 5.82 Å². The molecule has 8 heteroatoms. The molecule has 0 bridgehead atoms. The van der Waals surface area contributed by atoms with Crippen LogP contribution >= 0.6 is 11.6 Å². The lowest BCUT2D eigenvalue weighted by Crippen LogP contribution is -1.99. The molecule has 0 spiro atoms. The number of aromatic amines is 1. The summed E-state index contributed by atoms with van der Waals surface area (Å²) in [4.78, 5) is 7.95. The molecule has 2 aromatic heterocycles. The predicted molar refractivity (Wildman–Crippen MR) is 71.1 cm³/mol. The van der Waals surface area contributed by atoms with Crippen LogP contribution in [0.4, 0.5) is 15.9 Å². The summed E-state index contributed by atoms with van der Waals surface area (Å²) in [5, 5.41) is 18.6. The normalized spacial score (nSPS) is 10.4. The monoisotopic (exact) mass is 288 g/mol. The number of hydrogen-bond acceptors (Lipinski definition) is 5. The Morgan fingerprint density at radius 3 is 2.95 bits per heavy atom. The van der Waals surface area contributed by atoms with Crippen molar-refractivity contribution in [2.24, 2.45) is 0 Å². The smallest absolute Gasteiger partial charge is 0.226 e. The molecule has 0 atom stereocenters. The van der Waals surface area contributed by atoms with Crippen molar-refractivity contribution in [2.75, 3.05) is 5.32 Å². The molecule has 1 aromatic carbocycles. The molecule has 0 radical (unpaired) electrons. The third-order valence-electron chi connectivity index (χ3n) is 2.63. The molecule has 3 aromatic rings. The highest BCUT2D eigenvalue weighted by Gasteiger charge is 2.11. The molecule has 0 aliphatic rings. The molecule has 98 valence electrons. The van der Waals surface area contributed by atoms with Gasteiger partial charge in [0.1, 0.15) is 11.6 Å². The van der Waals surface area contributed by atoms with Gasteiger partial charge in [-0.15, -0.1) is 0 Å². The van der Waals surface area contributed by atoms with Gasteiger partial charge in [-0.25, -0.2) is 4.39 Å². The summed E-state index contributed by atoms with van der Waals surface area (Å²) in [6.07, 6.45) is 1.51. The summed E-state index contributed by atoms with van der Waals surface area (Å²) in [5.74, 6) is -0.229. The second-order valence-corrected chi connectivity index (χ2v) is 4.24. The zero-order valence-corrected chi connectivity index (χ0v) is 10.6. The molecular formula is C12H6ClFN6. The number of rotatable bonds is 2. The van der Waals surface area contributed by atoms with Gasteiger partial charge in [0.2, 0.25) is 5.28 Å². The number of benzene rings is 1. The number of nitrogens with one attached hydrogen (secondary N) is 2. The minimum absolute atomic E-state index is 0.0123. The first kappa shape index (κ1) is 12.3. The standard InChI is InChI=1S/C12H6ClFN6/c13-12-18-10(7-5-16-20-11(7)19-12)17-9-2-1-6(4-15)3-8(9)14/h1-3,5H,(H2,16,17,18,19,20). The number of nitriles is 1. The first-order valence-electron chi connectivity index (χ1n) is 5.50. The molecule has 0 saturated heterocycles. The van der Waals surface area contributed by atoms with Crippen molar-refractivity contribution in [3.8, 4) is 6.07 Å². The van der Waals surface area contributed by atoms with E-state index in [-0.39, 0.29) is 16.5 Å². The number of fused-ring (bicyclic) bond motifs is 1. The second-order valence-electron chi connectivity index (χ2n) is 3.90. The summed E-state index contributed by atoms with van der Waals surface area (Å²) in [6, 6.07) is 5.96. The van der Waals surface area contributed by atoms with Gasteiger partial charge >= 0.3 is 0 Å². The molecule has 6 nitrogen and oxygen atoms in total.